The summed E-state index contributed by atoms with van der Waals surface area (Å²) >= 11 is 1.75. The zero-order valence-corrected chi connectivity index (χ0v) is 16.9. The Bertz CT molecular complexity index is 905. The highest BCUT2D eigenvalue weighted by Gasteiger charge is 2.12. The lowest BCUT2D eigenvalue weighted by Gasteiger charge is -2.20. The van der Waals surface area contributed by atoms with Gasteiger partial charge in [0.1, 0.15) is 0 Å². The number of methoxy groups -OCH3 is 1. The number of hydrogen-bond acceptors (Lipinski definition) is 5. The minimum atomic E-state index is 0.0372. The van der Waals surface area contributed by atoms with Crippen molar-refractivity contribution < 1.29 is 9.53 Å². The van der Waals surface area contributed by atoms with Crippen LogP contribution in [0.1, 0.15) is 31.4 Å². The van der Waals surface area contributed by atoms with E-state index in [1.54, 1.807) is 30.3 Å². The van der Waals surface area contributed by atoms with Crippen molar-refractivity contribution in [3.05, 3.63) is 47.8 Å². The van der Waals surface area contributed by atoms with Crippen molar-refractivity contribution in [2.45, 2.75) is 33.2 Å². The maximum Gasteiger partial charge on any atom is 0.219 e. The molecule has 0 bridgehead atoms. The predicted molar refractivity (Wildman–Crippen MR) is 110 cm³/mol. The van der Waals surface area contributed by atoms with Crippen molar-refractivity contribution in [3.63, 3.8) is 0 Å². The van der Waals surface area contributed by atoms with Crippen molar-refractivity contribution in [1.29, 1.82) is 0 Å². The molecule has 3 aromatic rings. The molecule has 0 fully saturated rings. The van der Waals surface area contributed by atoms with Gasteiger partial charge in [0.15, 0.2) is 0 Å². The molecule has 6 heteroatoms. The van der Waals surface area contributed by atoms with Gasteiger partial charge in [0.2, 0.25) is 5.91 Å². The minimum Gasteiger partial charge on any atom is -0.383 e. The summed E-state index contributed by atoms with van der Waals surface area (Å²) in [6.07, 6.45) is 5.92. The summed E-state index contributed by atoms with van der Waals surface area (Å²) in [4.78, 5) is 23.8. The van der Waals surface area contributed by atoms with E-state index in [1.807, 2.05) is 24.5 Å². The number of ether oxygens (including phenoxy) is 1. The van der Waals surface area contributed by atoms with Gasteiger partial charge in [-0.15, -0.1) is 11.3 Å². The topological polar surface area (TPSA) is 55.3 Å². The van der Waals surface area contributed by atoms with Crippen molar-refractivity contribution in [1.82, 2.24) is 14.9 Å². The summed E-state index contributed by atoms with van der Waals surface area (Å²) in [6, 6.07) is 8.28. The molecule has 3 rings (SSSR count). The molecule has 0 aliphatic carbocycles. The average molecular weight is 384 g/mol. The minimum absolute atomic E-state index is 0.0372. The van der Waals surface area contributed by atoms with Gasteiger partial charge >= 0.3 is 0 Å². The number of carbonyl (C=O) groups is 1. The molecule has 0 aliphatic rings. The Morgan fingerprint density at radius 2 is 2.11 bits per heavy atom. The van der Waals surface area contributed by atoms with Crippen LogP contribution in [0.5, 0.6) is 0 Å². The molecule has 0 atom stereocenters. The first-order valence-corrected chi connectivity index (χ1v) is 10.0. The molecule has 0 N–H and O–H groups in total. The molecule has 0 unspecified atom stereocenters. The molecule has 0 spiro atoms. The van der Waals surface area contributed by atoms with E-state index >= 15 is 0 Å². The van der Waals surface area contributed by atoms with Crippen LogP contribution < -0.4 is 0 Å². The zero-order chi connectivity index (χ0) is 19.2. The van der Waals surface area contributed by atoms with Crippen molar-refractivity contribution >= 4 is 27.5 Å². The summed E-state index contributed by atoms with van der Waals surface area (Å²) in [5.41, 5.74) is 4.34. The number of hydrogen-bond donors (Lipinski definition) is 0. The molecule has 142 valence electrons. The maximum atomic E-state index is 11.8. The molecule has 3 aromatic heterocycles. The van der Waals surface area contributed by atoms with Gasteiger partial charge in [0.25, 0.3) is 0 Å². The number of amides is 1. The highest BCUT2D eigenvalue weighted by Crippen LogP contribution is 2.34. The van der Waals surface area contributed by atoms with Crippen LogP contribution >= 0.6 is 11.3 Å². The standard InChI is InChI=1S/C21H25N3O2S/c1-4-5-17-8-9-22-19-12-20(27-21(17)19)18-7-6-16(13-23-18)14-24(15(2)25)10-11-26-3/h6-9,12-13H,4-5,10-11,14H2,1-3H3. The summed E-state index contributed by atoms with van der Waals surface area (Å²) < 4.78 is 6.33. The average Bonchev–Trinajstić information content (AvgIpc) is 3.11. The van der Waals surface area contributed by atoms with E-state index in [2.05, 4.69) is 29.0 Å². The van der Waals surface area contributed by atoms with E-state index in [-0.39, 0.29) is 5.91 Å². The van der Waals surface area contributed by atoms with Crippen LogP contribution in [0.4, 0.5) is 0 Å². The van der Waals surface area contributed by atoms with E-state index in [0.29, 0.717) is 19.7 Å². The highest BCUT2D eigenvalue weighted by molar-refractivity contribution is 7.22. The third kappa shape index (κ3) is 4.70. The monoisotopic (exact) mass is 383 g/mol. The van der Waals surface area contributed by atoms with E-state index in [4.69, 9.17) is 4.74 Å². The van der Waals surface area contributed by atoms with Crippen molar-refractivity contribution in [2.75, 3.05) is 20.3 Å². The number of nitrogens with zero attached hydrogens (tertiary/aromatic N) is 3. The van der Waals surface area contributed by atoms with Gasteiger partial charge in [0.05, 0.1) is 27.4 Å². The van der Waals surface area contributed by atoms with Gasteiger partial charge in [0, 0.05) is 39.5 Å². The summed E-state index contributed by atoms with van der Waals surface area (Å²) in [7, 11) is 1.64. The molecule has 3 heterocycles. The first-order valence-electron chi connectivity index (χ1n) is 9.19. The largest absolute Gasteiger partial charge is 0.383 e. The zero-order valence-electron chi connectivity index (χ0n) is 16.1. The summed E-state index contributed by atoms with van der Waals surface area (Å²) in [6.45, 7) is 5.42. The Balaban J connectivity index is 1.80. The third-order valence-electron chi connectivity index (χ3n) is 4.47. The van der Waals surface area contributed by atoms with Crippen LogP contribution in [-0.4, -0.2) is 41.0 Å². The van der Waals surface area contributed by atoms with E-state index in [9.17, 15) is 4.79 Å². The second-order valence-corrected chi connectivity index (χ2v) is 7.58. The molecule has 27 heavy (non-hydrogen) atoms. The number of aromatic nitrogens is 2. The van der Waals surface area contributed by atoms with Gasteiger partial charge in [-0.1, -0.05) is 19.4 Å². The summed E-state index contributed by atoms with van der Waals surface area (Å²) in [5, 5.41) is 0. The second-order valence-electron chi connectivity index (χ2n) is 6.53. The van der Waals surface area contributed by atoms with Gasteiger partial charge in [-0.2, -0.15) is 0 Å². The van der Waals surface area contributed by atoms with Gasteiger partial charge in [-0.05, 0) is 35.7 Å². The van der Waals surface area contributed by atoms with Gasteiger partial charge < -0.3 is 9.64 Å². The number of carbonyl (C=O) groups excluding carboxylic acids is 1. The van der Waals surface area contributed by atoms with E-state index in [0.717, 1.165) is 34.5 Å². The molecule has 0 saturated heterocycles. The number of thiophene rings is 1. The fraction of sp³-hybridized carbons (Fsp3) is 0.381. The normalized spacial score (nSPS) is 11.1. The number of rotatable bonds is 8. The highest BCUT2D eigenvalue weighted by atomic mass is 32.1. The number of pyridine rings is 2. The SMILES string of the molecule is CCCc1ccnc2cc(-c3ccc(CN(CCOC)C(C)=O)cn3)sc12. The summed E-state index contributed by atoms with van der Waals surface area (Å²) in [5.74, 6) is 0.0372. The molecule has 0 saturated carbocycles. The molecular weight excluding hydrogens is 358 g/mol. The van der Waals surface area contributed by atoms with Crippen molar-refractivity contribution in [2.24, 2.45) is 0 Å². The fourth-order valence-electron chi connectivity index (χ4n) is 3.02. The van der Waals surface area contributed by atoms with Crippen LogP contribution in [0, 0.1) is 0 Å². The Morgan fingerprint density at radius 1 is 1.26 bits per heavy atom. The fourth-order valence-corrected chi connectivity index (χ4v) is 4.15. The quantitative estimate of drug-likeness (QED) is 0.582. The molecule has 1 amide bonds. The first kappa shape index (κ1) is 19.5. The molecular formula is C21H25N3O2S. The smallest absolute Gasteiger partial charge is 0.219 e. The van der Waals surface area contributed by atoms with E-state index in [1.165, 1.54) is 10.3 Å². The Kier molecular flexibility index (Phi) is 6.53. The third-order valence-corrected chi connectivity index (χ3v) is 5.70. The van der Waals surface area contributed by atoms with Crippen LogP contribution in [0.15, 0.2) is 36.7 Å². The van der Waals surface area contributed by atoms with Crippen LogP contribution in [-0.2, 0) is 22.5 Å². The van der Waals surface area contributed by atoms with Crippen LogP contribution in [0.2, 0.25) is 0 Å². The number of aryl methyl sites for hydroxylation is 1. The van der Waals surface area contributed by atoms with Crippen LogP contribution in [0.3, 0.4) is 0 Å². The number of fused-ring (bicyclic) bond motifs is 1. The Labute approximate surface area is 164 Å². The lowest BCUT2D eigenvalue weighted by Crippen LogP contribution is -2.31. The van der Waals surface area contributed by atoms with Crippen LogP contribution in [0.25, 0.3) is 20.8 Å². The molecule has 0 aliphatic heterocycles. The molecule has 5 nitrogen and oxygen atoms in total. The lowest BCUT2D eigenvalue weighted by atomic mass is 10.1. The molecule has 0 radical (unpaired) electrons. The lowest BCUT2D eigenvalue weighted by molar-refractivity contribution is -0.130. The first-order chi connectivity index (χ1) is 13.1. The van der Waals surface area contributed by atoms with Gasteiger partial charge in [-0.3, -0.25) is 14.8 Å². The molecule has 0 aromatic carbocycles. The van der Waals surface area contributed by atoms with Gasteiger partial charge in [-0.25, -0.2) is 0 Å². The Morgan fingerprint density at radius 3 is 2.78 bits per heavy atom. The second kappa shape index (κ2) is 9.06. The van der Waals surface area contributed by atoms with Crippen molar-refractivity contribution in [3.8, 4) is 10.6 Å². The Hall–Kier alpha value is -2.31. The predicted octanol–water partition coefficient (Wildman–Crippen LogP) is 4.31. The van der Waals surface area contributed by atoms with E-state index < -0.39 is 0 Å². The maximum absolute atomic E-state index is 11.8.